The smallest absolute Gasteiger partial charge is 0.145 e. The van der Waals surface area contributed by atoms with Crippen LogP contribution in [0.4, 0.5) is 0 Å². The van der Waals surface area contributed by atoms with Crippen molar-refractivity contribution in [3.8, 4) is 6.07 Å². The number of rotatable bonds is 3. The molecule has 0 heterocycles. The molecule has 0 aliphatic heterocycles. The Morgan fingerprint density at radius 1 is 1.75 bits per heavy atom. The fourth-order valence-electron chi connectivity index (χ4n) is 0.606. The molecule has 0 atom stereocenters. The van der Waals surface area contributed by atoms with E-state index in [0.717, 1.165) is 0 Å². The fourth-order valence-corrected chi connectivity index (χ4v) is 0.606. The molecule has 4 nitrogen and oxygen atoms in total. The number of nitriles is 1. The zero-order chi connectivity index (χ0) is 9.56. The molecule has 0 spiro atoms. The van der Waals surface area contributed by atoms with Gasteiger partial charge in [-0.25, -0.2) is 4.99 Å². The van der Waals surface area contributed by atoms with Crippen LogP contribution in [0.3, 0.4) is 0 Å². The van der Waals surface area contributed by atoms with Crippen molar-refractivity contribution in [2.45, 2.75) is 6.92 Å². The first-order chi connectivity index (χ1) is 5.67. The minimum Gasteiger partial charge on any atom is -0.401 e. The topological polar surface area (TPSA) is 88.2 Å². The first-order valence-electron chi connectivity index (χ1n) is 3.41. The Hall–Kier alpha value is -1.60. The molecule has 0 aromatic carbocycles. The van der Waals surface area contributed by atoms with E-state index in [0.29, 0.717) is 11.3 Å². The molecule has 0 radical (unpaired) electrons. The van der Waals surface area contributed by atoms with Crippen molar-refractivity contribution in [2.75, 3.05) is 6.54 Å². The van der Waals surface area contributed by atoms with E-state index in [1.54, 1.807) is 6.92 Å². The molecule has 0 fully saturated rings. The largest absolute Gasteiger partial charge is 0.401 e. The Kier molecular flexibility index (Phi) is 4.42. The third kappa shape index (κ3) is 2.56. The maximum absolute atomic E-state index is 8.61. The maximum atomic E-state index is 8.61. The Morgan fingerprint density at radius 3 is 2.67 bits per heavy atom. The van der Waals surface area contributed by atoms with Crippen molar-refractivity contribution < 1.29 is 0 Å². The third-order valence-corrected chi connectivity index (χ3v) is 1.38. The van der Waals surface area contributed by atoms with Gasteiger partial charge in [-0.3, -0.25) is 0 Å². The second-order valence-electron chi connectivity index (χ2n) is 2.13. The molecule has 0 bridgehead atoms. The van der Waals surface area contributed by atoms with Crippen LogP contribution in [-0.4, -0.2) is 12.3 Å². The van der Waals surface area contributed by atoms with Gasteiger partial charge in [-0.1, -0.05) is 6.58 Å². The fraction of sp³-hybridized carbons (Fsp3) is 0.250. The maximum Gasteiger partial charge on any atom is 0.145 e. The van der Waals surface area contributed by atoms with Crippen molar-refractivity contribution in [1.29, 1.82) is 5.26 Å². The second kappa shape index (κ2) is 5.10. The van der Waals surface area contributed by atoms with Crippen molar-refractivity contribution in [3.63, 3.8) is 0 Å². The van der Waals surface area contributed by atoms with Crippen LogP contribution in [0.5, 0.6) is 0 Å². The normalized spacial score (nSPS) is 13.2. The average Bonchev–Trinajstić information content (AvgIpc) is 2.11. The van der Waals surface area contributed by atoms with Crippen LogP contribution in [0, 0.1) is 11.3 Å². The molecule has 0 rings (SSSR count). The summed E-state index contributed by atoms with van der Waals surface area (Å²) >= 11 is 0. The predicted molar refractivity (Wildman–Crippen MR) is 49.2 cm³/mol. The Balaban J connectivity index is 4.91. The highest BCUT2D eigenvalue weighted by Crippen LogP contribution is 2.00. The number of hydrogen-bond donors (Lipinski definition) is 2. The molecule has 0 amide bonds. The number of hydrogen-bond acceptors (Lipinski definition) is 4. The van der Waals surface area contributed by atoms with Crippen LogP contribution in [0.2, 0.25) is 0 Å². The van der Waals surface area contributed by atoms with E-state index in [1.807, 2.05) is 6.07 Å². The Labute approximate surface area is 71.9 Å². The SMILES string of the molecule is C=C/N=C(C#N)\C(C)=C(\N)CN. The van der Waals surface area contributed by atoms with Gasteiger partial charge in [0.2, 0.25) is 0 Å². The van der Waals surface area contributed by atoms with Gasteiger partial charge in [0, 0.05) is 24.0 Å². The zero-order valence-corrected chi connectivity index (χ0v) is 7.04. The summed E-state index contributed by atoms with van der Waals surface area (Å²) in [5.41, 5.74) is 12.1. The summed E-state index contributed by atoms with van der Waals surface area (Å²) in [5, 5.41) is 8.61. The lowest BCUT2D eigenvalue weighted by Crippen LogP contribution is -2.16. The molecule has 4 heteroatoms. The molecule has 0 saturated heterocycles. The predicted octanol–water partition coefficient (Wildman–Crippen LogP) is 0.286. The minimum atomic E-state index is 0.226. The molecule has 0 aromatic heterocycles. The van der Waals surface area contributed by atoms with Crippen LogP contribution in [0.25, 0.3) is 0 Å². The zero-order valence-electron chi connectivity index (χ0n) is 7.04. The second-order valence-corrected chi connectivity index (χ2v) is 2.13. The van der Waals surface area contributed by atoms with Crippen LogP contribution in [0.15, 0.2) is 29.0 Å². The van der Waals surface area contributed by atoms with Gasteiger partial charge in [0.15, 0.2) is 0 Å². The summed E-state index contributed by atoms with van der Waals surface area (Å²) in [6, 6.07) is 1.90. The van der Waals surface area contributed by atoms with E-state index in [2.05, 4.69) is 11.6 Å². The van der Waals surface area contributed by atoms with Crippen molar-refractivity contribution in [3.05, 3.63) is 24.0 Å². The van der Waals surface area contributed by atoms with E-state index >= 15 is 0 Å². The van der Waals surface area contributed by atoms with Gasteiger partial charge in [-0.2, -0.15) is 5.26 Å². The number of allylic oxidation sites excluding steroid dienone is 1. The lowest BCUT2D eigenvalue weighted by atomic mass is 10.1. The van der Waals surface area contributed by atoms with Gasteiger partial charge in [-0.15, -0.1) is 0 Å². The molecule has 64 valence electrons. The van der Waals surface area contributed by atoms with E-state index < -0.39 is 0 Å². The number of aliphatic imine (C=N–C) groups is 1. The molecule has 0 unspecified atom stereocenters. The number of nitrogens with zero attached hydrogens (tertiary/aromatic N) is 2. The molecule has 0 aliphatic rings. The standard InChI is InChI=1S/C8H12N4/c1-3-12-8(5-10)6(2)7(11)4-9/h3H,1,4,9,11H2,2H3/b7-6+,12-8-. The average molecular weight is 164 g/mol. The lowest BCUT2D eigenvalue weighted by molar-refractivity contribution is 1.08. The van der Waals surface area contributed by atoms with E-state index in [9.17, 15) is 0 Å². The van der Waals surface area contributed by atoms with Crippen molar-refractivity contribution >= 4 is 5.71 Å². The molecule has 12 heavy (non-hydrogen) atoms. The van der Waals surface area contributed by atoms with Crippen LogP contribution >= 0.6 is 0 Å². The number of nitrogens with two attached hydrogens (primary N) is 2. The van der Waals surface area contributed by atoms with Crippen molar-refractivity contribution in [1.82, 2.24) is 0 Å². The molecule has 0 aliphatic carbocycles. The molecule has 4 N–H and O–H groups in total. The Morgan fingerprint density at radius 2 is 2.33 bits per heavy atom. The first-order valence-corrected chi connectivity index (χ1v) is 3.41. The van der Waals surface area contributed by atoms with Gasteiger partial charge < -0.3 is 11.5 Å². The Bertz CT molecular complexity index is 267. The highest BCUT2D eigenvalue weighted by atomic mass is 14.7. The summed E-state index contributed by atoms with van der Waals surface area (Å²) < 4.78 is 0. The highest BCUT2D eigenvalue weighted by molar-refractivity contribution is 6.11. The monoisotopic (exact) mass is 164 g/mol. The molecular formula is C8H12N4. The van der Waals surface area contributed by atoms with Crippen LogP contribution in [-0.2, 0) is 0 Å². The highest BCUT2D eigenvalue weighted by Gasteiger charge is 2.02. The quantitative estimate of drug-likeness (QED) is 0.587. The minimum absolute atomic E-state index is 0.226. The summed E-state index contributed by atoms with van der Waals surface area (Å²) in [4.78, 5) is 3.74. The first kappa shape index (κ1) is 10.4. The summed E-state index contributed by atoms with van der Waals surface area (Å²) in [5.74, 6) is 0. The lowest BCUT2D eigenvalue weighted by Gasteiger charge is -2.01. The van der Waals surface area contributed by atoms with Crippen LogP contribution < -0.4 is 11.5 Å². The van der Waals surface area contributed by atoms with E-state index in [1.165, 1.54) is 6.20 Å². The van der Waals surface area contributed by atoms with Crippen LogP contribution in [0.1, 0.15) is 6.92 Å². The van der Waals surface area contributed by atoms with Gasteiger partial charge in [0.25, 0.3) is 0 Å². The molecular weight excluding hydrogens is 152 g/mol. The third-order valence-electron chi connectivity index (χ3n) is 1.38. The summed E-state index contributed by atoms with van der Waals surface area (Å²) in [6.07, 6.45) is 1.30. The van der Waals surface area contributed by atoms with Gasteiger partial charge in [-0.05, 0) is 6.92 Å². The van der Waals surface area contributed by atoms with E-state index in [4.69, 9.17) is 16.7 Å². The van der Waals surface area contributed by atoms with Gasteiger partial charge in [0.05, 0.1) is 0 Å². The van der Waals surface area contributed by atoms with E-state index in [-0.39, 0.29) is 12.3 Å². The molecule has 0 saturated carbocycles. The van der Waals surface area contributed by atoms with Gasteiger partial charge >= 0.3 is 0 Å². The molecule has 0 aromatic rings. The summed E-state index contributed by atoms with van der Waals surface area (Å²) in [6.45, 7) is 5.31. The van der Waals surface area contributed by atoms with Crippen molar-refractivity contribution in [2.24, 2.45) is 16.5 Å². The summed E-state index contributed by atoms with van der Waals surface area (Å²) in [7, 11) is 0. The van der Waals surface area contributed by atoms with Gasteiger partial charge in [0.1, 0.15) is 11.8 Å².